The highest BCUT2D eigenvalue weighted by atomic mass is 35.5. The van der Waals surface area contributed by atoms with Gasteiger partial charge in [0.15, 0.2) is 0 Å². The number of ether oxygens (including phenoxy) is 1. The van der Waals surface area contributed by atoms with Crippen molar-refractivity contribution in [2.45, 2.75) is 25.7 Å². The summed E-state index contributed by atoms with van der Waals surface area (Å²) in [5, 5.41) is 3.17. The first-order valence-corrected chi connectivity index (χ1v) is 10.3. The molecular weight excluding hydrogens is 388 g/mol. The number of rotatable bonds is 7. The van der Waals surface area contributed by atoms with Gasteiger partial charge in [-0.3, -0.25) is 9.52 Å². The minimum atomic E-state index is -3.94. The first-order valence-electron chi connectivity index (χ1n) is 8.39. The van der Waals surface area contributed by atoms with Crippen LogP contribution in [0.5, 0.6) is 5.75 Å². The summed E-state index contributed by atoms with van der Waals surface area (Å²) in [6, 6.07) is 9.05. The number of amides is 1. The third-order valence-electron chi connectivity index (χ3n) is 3.84. The summed E-state index contributed by atoms with van der Waals surface area (Å²) in [4.78, 5) is 12.4. The van der Waals surface area contributed by atoms with E-state index in [1.54, 1.807) is 25.1 Å². The second-order valence-electron chi connectivity index (χ2n) is 6.53. The molecule has 2 aromatic carbocycles. The number of carbonyl (C=O) groups is 1. The molecule has 0 aliphatic carbocycles. The Morgan fingerprint density at radius 1 is 1.19 bits per heavy atom. The number of carbonyl (C=O) groups excluding carboxylic acids is 1. The van der Waals surface area contributed by atoms with Gasteiger partial charge in [0.25, 0.3) is 15.9 Å². The molecule has 8 heteroatoms. The largest absolute Gasteiger partial charge is 0.495 e. The van der Waals surface area contributed by atoms with Crippen LogP contribution in [0.1, 0.15) is 29.8 Å². The number of nitrogens with one attached hydrogen (secondary N) is 2. The number of aryl methyl sites for hydroxylation is 1. The van der Waals surface area contributed by atoms with Crippen LogP contribution in [0.15, 0.2) is 41.3 Å². The van der Waals surface area contributed by atoms with E-state index in [4.69, 9.17) is 16.3 Å². The molecule has 6 nitrogen and oxygen atoms in total. The summed E-state index contributed by atoms with van der Waals surface area (Å²) in [6.07, 6.45) is 0. The number of halogens is 1. The Bertz CT molecular complexity index is 943. The predicted octanol–water partition coefficient (Wildman–Crippen LogP) is 3.84. The molecule has 27 heavy (non-hydrogen) atoms. The fourth-order valence-corrected chi connectivity index (χ4v) is 3.63. The van der Waals surface area contributed by atoms with Gasteiger partial charge in [0.2, 0.25) is 0 Å². The Kier molecular flexibility index (Phi) is 6.73. The van der Waals surface area contributed by atoms with Crippen LogP contribution in [0.2, 0.25) is 5.02 Å². The van der Waals surface area contributed by atoms with Crippen molar-refractivity contribution in [2.24, 2.45) is 5.92 Å². The Morgan fingerprint density at radius 2 is 1.89 bits per heavy atom. The van der Waals surface area contributed by atoms with E-state index in [1.165, 1.54) is 25.3 Å². The standard InChI is InChI=1S/C19H23ClN2O4S/c1-12(2)11-21-19(23)16-10-15(7-5-13(16)3)27(24,25)22-17-9-14(20)6-8-18(17)26-4/h5-10,12,22H,11H2,1-4H3,(H,21,23). The van der Waals surface area contributed by atoms with Gasteiger partial charge in [-0.2, -0.15) is 0 Å². The monoisotopic (exact) mass is 410 g/mol. The molecule has 0 aromatic heterocycles. The van der Waals surface area contributed by atoms with Crippen molar-refractivity contribution in [3.8, 4) is 5.75 Å². The van der Waals surface area contributed by atoms with E-state index in [9.17, 15) is 13.2 Å². The van der Waals surface area contributed by atoms with Crippen LogP contribution in [0.3, 0.4) is 0 Å². The topological polar surface area (TPSA) is 84.5 Å². The molecule has 2 N–H and O–H groups in total. The molecule has 0 spiro atoms. The summed E-state index contributed by atoms with van der Waals surface area (Å²) < 4.78 is 33.2. The van der Waals surface area contributed by atoms with Crippen LogP contribution in [0, 0.1) is 12.8 Å². The van der Waals surface area contributed by atoms with Crippen LogP contribution >= 0.6 is 11.6 Å². The Labute approximate surface area is 164 Å². The zero-order chi connectivity index (χ0) is 20.2. The lowest BCUT2D eigenvalue weighted by Crippen LogP contribution is -2.28. The van der Waals surface area contributed by atoms with Crippen molar-refractivity contribution in [2.75, 3.05) is 18.4 Å². The van der Waals surface area contributed by atoms with Gasteiger partial charge < -0.3 is 10.1 Å². The van der Waals surface area contributed by atoms with Gasteiger partial charge in [0.05, 0.1) is 17.7 Å². The van der Waals surface area contributed by atoms with Crippen molar-refractivity contribution < 1.29 is 17.9 Å². The molecule has 0 radical (unpaired) electrons. The molecular formula is C19H23ClN2O4S. The summed E-state index contributed by atoms with van der Waals surface area (Å²) in [6.45, 7) is 6.23. The van der Waals surface area contributed by atoms with Gasteiger partial charge in [-0.15, -0.1) is 0 Å². The number of hydrogen-bond acceptors (Lipinski definition) is 4. The quantitative estimate of drug-likeness (QED) is 0.726. The van der Waals surface area contributed by atoms with Crippen LogP contribution in [-0.4, -0.2) is 28.0 Å². The van der Waals surface area contributed by atoms with Crippen LogP contribution in [0.25, 0.3) is 0 Å². The zero-order valence-corrected chi connectivity index (χ0v) is 17.2. The van der Waals surface area contributed by atoms with Gasteiger partial charge in [0.1, 0.15) is 5.75 Å². The molecule has 0 heterocycles. The number of sulfonamides is 1. The first-order chi connectivity index (χ1) is 12.6. The van der Waals surface area contributed by atoms with Gasteiger partial charge in [-0.25, -0.2) is 8.42 Å². The predicted molar refractivity (Wildman–Crippen MR) is 107 cm³/mol. The van der Waals surface area contributed by atoms with E-state index in [2.05, 4.69) is 10.0 Å². The van der Waals surface area contributed by atoms with E-state index in [0.717, 1.165) is 0 Å². The molecule has 2 aromatic rings. The van der Waals surface area contributed by atoms with E-state index >= 15 is 0 Å². The molecule has 0 unspecified atom stereocenters. The van der Waals surface area contributed by atoms with Gasteiger partial charge in [0, 0.05) is 17.1 Å². The molecule has 0 fully saturated rings. The van der Waals surface area contributed by atoms with E-state index < -0.39 is 10.0 Å². The number of anilines is 1. The van der Waals surface area contributed by atoms with Gasteiger partial charge in [-0.1, -0.05) is 31.5 Å². The lowest BCUT2D eigenvalue weighted by molar-refractivity contribution is 0.0948. The highest BCUT2D eigenvalue weighted by Gasteiger charge is 2.20. The summed E-state index contributed by atoms with van der Waals surface area (Å²) in [5.41, 5.74) is 1.23. The van der Waals surface area contributed by atoms with Gasteiger partial charge in [-0.05, 0) is 48.7 Å². The summed E-state index contributed by atoms with van der Waals surface area (Å²) in [7, 11) is -2.50. The highest BCUT2D eigenvalue weighted by molar-refractivity contribution is 7.92. The van der Waals surface area contributed by atoms with E-state index in [1.807, 2.05) is 13.8 Å². The van der Waals surface area contributed by atoms with Gasteiger partial charge >= 0.3 is 0 Å². The van der Waals surface area contributed by atoms with Crippen molar-refractivity contribution >= 4 is 33.2 Å². The molecule has 2 rings (SSSR count). The van der Waals surface area contributed by atoms with Crippen LogP contribution in [0.4, 0.5) is 5.69 Å². The van der Waals surface area contributed by atoms with E-state index in [-0.39, 0.29) is 22.4 Å². The molecule has 0 bridgehead atoms. The fourth-order valence-electron chi connectivity index (χ4n) is 2.37. The maximum absolute atomic E-state index is 12.8. The summed E-state index contributed by atoms with van der Waals surface area (Å²) in [5.74, 6) is 0.321. The zero-order valence-electron chi connectivity index (χ0n) is 15.7. The Morgan fingerprint density at radius 3 is 2.52 bits per heavy atom. The molecule has 0 saturated carbocycles. The van der Waals surface area contributed by atoms with E-state index in [0.29, 0.717) is 28.4 Å². The highest BCUT2D eigenvalue weighted by Crippen LogP contribution is 2.30. The van der Waals surface area contributed by atoms with Crippen molar-refractivity contribution in [1.82, 2.24) is 5.32 Å². The minimum absolute atomic E-state index is 0.0233. The molecule has 0 atom stereocenters. The second-order valence-corrected chi connectivity index (χ2v) is 8.65. The molecule has 0 aliphatic heterocycles. The number of benzene rings is 2. The van der Waals surface area contributed by atoms with Crippen molar-refractivity contribution in [1.29, 1.82) is 0 Å². The average Bonchev–Trinajstić information content (AvgIpc) is 2.59. The fraction of sp³-hybridized carbons (Fsp3) is 0.316. The maximum Gasteiger partial charge on any atom is 0.262 e. The lowest BCUT2D eigenvalue weighted by atomic mass is 10.1. The van der Waals surface area contributed by atoms with Crippen molar-refractivity contribution in [3.63, 3.8) is 0 Å². The smallest absolute Gasteiger partial charge is 0.262 e. The molecule has 1 amide bonds. The van der Waals surface area contributed by atoms with Crippen LogP contribution < -0.4 is 14.8 Å². The lowest BCUT2D eigenvalue weighted by Gasteiger charge is -2.14. The molecule has 0 saturated heterocycles. The normalized spacial score (nSPS) is 11.3. The maximum atomic E-state index is 12.8. The third kappa shape index (κ3) is 5.37. The average molecular weight is 411 g/mol. The third-order valence-corrected chi connectivity index (χ3v) is 5.44. The number of hydrogen-bond donors (Lipinski definition) is 2. The molecule has 0 aliphatic rings. The Balaban J connectivity index is 2.35. The van der Waals surface area contributed by atoms with Crippen molar-refractivity contribution in [3.05, 3.63) is 52.5 Å². The SMILES string of the molecule is COc1ccc(Cl)cc1NS(=O)(=O)c1ccc(C)c(C(=O)NCC(C)C)c1. The summed E-state index contributed by atoms with van der Waals surface area (Å²) >= 11 is 5.95. The molecule has 146 valence electrons. The number of methoxy groups -OCH3 is 1. The minimum Gasteiger partial charge on any atom is -0.495 e. The second kappa shape index (κ2) is 8.63. The van der Waals surface area contributed by atoms with Crippen LogP contribution in [-0.2, 0) is 10.0 Å². The Hall–Kier alpha value is -2.25. The first kappa shape index (κ1) is 21.1.